The summed E-state index contributed by atoms with van der Waals surface area (Å²) in [6, 6.07) is 0.888. The highest BCUT2D eigenvalue weighted by Crippen LogP contribution is 2.17. The molecular formula is C9H20N2. The lowest BCUT2D eigenvalue weighted by molar-refractivity contribution is 0.212. The van der Waals surface area contributed by atoms with Gasteiger partial charge in [-0.15, -0.1) is 0 Å². The van der Waals surface area contributed by atoms with Crippen molar-refractivity contribution >= 4 is 0 Å². The Morgan fingerprint density at radius 1 is 1.27 bits per heavy atom. The summed E-state index contributed by atoms with van der Waals surface area (Å²) in [5.41, 5.74) is 0. The van der Waals surface area contributed by atoms with Crippen LogP contribution in [0.15, 0.2) is 0 Å². The zero-order valence-electron chi connectivity index (χ0n) is 7.77. The average molecular weight is 156 g/mol. The topological polar surface area (TPSA) is 15.3 Å². The smallest absolute Gasteiger partial charge is 0.0221 e. The van der Waals surface area contributed by atoms with Crippen LogP contribution >= 0.6 is 0 Å². The van der Waals surface area contributed by atoms with Crippen LogP contribution in [0.5, 0.6) is 0 Å². The first-order valence-electron chi connectivity index (χ1n) is 4.91. The van der Waals surface area contributed by atoms with E-state index in [4.69, 9.17) is 0 Å². The fraction of sp³-hybridized carbons (Fsp3) is 1.00. The van der Waals surface area contributed by atoms with Gasteiger partial charge in [-0.1, -0.05) is 13.8 Å². The molecule has 2 aliphatic rings. The SMILES string of the molecule is C1C[C@H]2CNCCN2C1.CC. The van der Waals surface area contributed by atoms with Crippen LogP contribution in [0.2, 0.25) is 0 Å². The minimum atomic E-state index is 0.888. The van der Waals surface area contributed by atoms with Crippen molar-refractivity contribution in [1.82, 2.24) is 10.2 Å². The maximum absolute atomic E-state index is 3.41. The Morgan fingerprint density at radius 3 is 2.82 bits per heavy atom. The van der Waals surface area contributed by atoms with Crippen molar-refractivity contribution in [2.24, 2.45) is 0 Å². The normalized spacial score (nSPS) is 30.5. The van der Waals surface area contributed by atoms with Crippen LogP contribution in [0, 0.1) is 0 Å². The molecule has 66 valence electrons. The highest BCUT2D eigenvalue weighted by atomic mass is 15.2. The number of piperazine rings is 1. The molecule has 2 aliphatic heterocycles. The molecule has 2 rings (SSSR count). The van der Waals surface area contributed by atoms with E-state index in [1.165, 1.54) is 39.0 Å². The highest BCUT2D eigenvalue weighted by molar-refractivity contribution is 4.84. The van der Waals surface area contributed by atoms with E-state index in [-0.39, 0.29) is 0 Å². The molecule has 0 aromatic heterocycles. The lowest BCUT2D eigenvalue weighted by atomic mass is 10.2. The third-order valence-electron chi connectivity index (χ3n) is 2.45. The van der Waals surface area contributed by atoms with E-state index in [0.29, 0.717) is 0 Å². The summed E-state index contributed by atoms with van der Waals surface area (Å²) in [5.74, 6) is 0. The van der Waals surface area contributed by atoms with Crippen molar-refractivity contribution in [3.63, 3.8) is 0 Å². The maximum Gasteiger partial charge on any atom is 0.0221 e. The van der Waals surface area contributed by atoms with E-state index in [9.17, 15) is 0 Å². The van der Waals surface area contributed by atoms with Crippen molar-refractivity contribution in [3.05, 3.63) is 0 Å². The monoisotopic (exact) mass is 156 g/mol. The van der Waals surface area contributed by atoms with E-state index in [0.717, 1.165) is 6.04 Å². The minimum Gasteiger partial charge on any atom is -0.314 e. The summed E-state index contributed by atoms with van der Waals surface area (Å²) in [6.07, 6.45) is 2.85. The van der Waals surface area contributed by atoms with Gasteiger partial charge >= 0.3 is 0 Å². The molecule has 2 saturated heterocycles. The molecule has 2 heteroatoms. The maximum atomic E-state index is 3.41. The number of rotatable bonds is 0. The number of fused-ring (bicyclic) bond motifs is 1. The van der Waals surface area contributed by atoms with Crippen LogP contribution in [0.3, 0.4) is 0 Å². The predicted molar refractivity (Wildman–Crippen MR) is 48.8 cm³/mol. The molecule has 0 unspecified atom stereocenters. The fourth-order valence-electron chi connectivity index (χ4n) is 1.91. The van der Waals surface area contributed by atoms with Gasteiger partial charge in [0.2, 0.25) is 0 Å². The largest absolute Gasteiger partial charge is 0.314 e. The van der Waals surface area contributed by atoms with Gasteiger partial charge in [-0.3, -0.25) is 4.90 Å². The Morgan fingerprint density at radius 2 is 2.09 bits per heavy atom. The standard InChI is InChI=1S/C7H14N2.C2H6/c1-2-7-6-8-3-5-9(7)4-1;1-2/h7-8H,1-6H2;1-2H3/t7-;/m0./s1. The Labute approximate surface area is 70.0 Å². The lowest BCUT2D eigenvalue weighted by Gasteiger charge is -2.29. The van der Waals surface area contributed by atoms with Gasteiger partial charge in [-0.25, -0.2) is 0 Å². The molecule has 11 heavy (non-hydrogen) atoms. The van der Waals surface area contributed by atoms with Crippen LogP contribution < -0.4 is 5.32 Å². The Hall–Kier alpha value is -0.0800. The van der Waals surface area contributed by atoms with Gasteiger partial charge < -0.3 is 5.32 Å². The fourth-order valence-corrected chi connectivity index (χ4v) is 1.91. The first-order valence-corrected chi connectivity index (χ1v) is 4.91. The van der Waals surface area contributed by atoms with Crippen molar-refractivity contribution in [2.75, 3.05) is 26.2 Å². The zero-order valence-corrected chi connectivity index (χ0v) is 7.77. The quantitative estimate of drug-likeness (QED) is 0.564. The molecule has 2 nitrogen and oxygen atoms in total. The second-order valence-corrected chi connectivity index (χ2v) is 3.04. The highest BCUT2D eigenvalue weighted by Gasteiger charge is 2.25. The molecule has 0 radical (unpaired) electrons. The van der Waals surface area contributed by atoms with E-state index < -0.39 is 0 Å². The summed E-state index contributed by atoms with van der Waals surface area (Å²) in [6.45, 7) is 9.08. The van der Waals surface area contributed by atoms with E-state index >= 15 is 0 Å². The van der Waals surface area contributed by atoms with Gasteiger partial charge in [0.25, 0.3) is 0 Å². The van der Waals surface area contributed by atoms with Gasteiger partial charge in [0.1, 0.15) is 0 Å². The van der Waals surface area contributed by atoms with E-state index in [1.54, 1.807) is 0 Å². The molecular weight excluding hydrogens is 136 g/mol. The van der Waals surface area contributed by atoms with Crippen LogP contribution in [-0.4, -0.2) is 37.1 Å². The van der Waals surface area contributed by atoms with E-state index in [2.05, 4.69) is 10.2 Å². The molecule has 2 heterocycles. The lowest BCUT2D eigenvalue weighted by Crippen LogP contribution is -2.47. The Balaban J connectivity index is 0.000000281. The summed E-state index contributed by atoms with van der Waals surface area (Å²) >= 11 is 0. The molecule has 0 saturated carbocycles. The third-order valence-corrected chi connectivity index (χ3v) is 2.45. The van der Waals surface area contributed by atoms with Crippen LogP contribution in [0.1, 0.15) is 26.7 Å². The van der Waals surface area contributed by atoms with E-state index in [1.807, 2.05) is 13.8 Å². The van der Waals surface area contributed by atoms with Gasteiger partial charge in [0.05, 0.1) is 0 Å². The molecule has 0 spiro atoms. The summed E-state index contributed by atoms with van der Waals surface area (Å²) in [4.78, 5) is 2.61. The second kappa shape index (κ2) is 4.73. The Bertz CT molecular complexity index is 91.7. The molecule has 0 aromatic rings. The summed E-state index contributed by atoms with van der Waals surface area (Å²) in [5, 5.41) is 3.41. The van der Waals surface area contributed by atoms with Gasteiger partial charge in [-0.05, 0) is 19.4 Å². The molecule has 0 aliphatic carbocycles. The zero-order chi connectivity index (χ0) is 8.10. The van der Waals surface area contributed by atoms with Crippen LogP contribution in [0.25, 0.3) is 0 Å². The Kier molecular flexibility index (Phi) is 3.87. The minimum absolute atomic E-state index is 0.888. The molecule has 0 amide bonds. The first kappa shape index (κ1) is 9.01. The molecule has 2 fully saturated rings. The third kappa shape index (κ3) is 2.17. The van der Waals surface area contributed by atoms with Crippen molar-refractivity contribution in [3.8, 4) is 0 Å². The molecule has 1 atom stereocenters. The van der Waals surface area contributed by atoms with Gasteiger partial charge in [0.15, 0.2) is 0 Å². The number of hydrogen-bond donors (Lipinski definition) is 1. The summed E-state index contributed by atoms with van der Waals surface area (Å²) in [7, 11) is 0. The molecule has 0 aromatic carbocycles. The average Bonchev–Trinajstić information content (AvgIpc) is 2.55. The van der Waals surface area contributed by atoms with Crippen molar-refractivity contribution < 1.29 is 0 Å². The van der Waals surface area contributed by atoms with Gasteiger partial charge in [0, 0.05) is 25.7 Å². The van der Waals surface area contributed by atoms with Crippen LogP contribution in [-0.2, 0) is 0 Å². The number of nitrogens with one attached hydrogen (secondary N) is 1. The van der Waals surface area contributed by atoms with Crippen molar-refractivity contribution in [2.45, 2.75) is 32.7 Å². The molecule has 1 N–H and O–H groups in total. The van der Waals surface area contributed by atoms with Crippen molar-refractivity contribution in [1.29, 1.82) is 0 Å². The number of hydrogen-bond acceptors (Lipinski definition) is 2. The van der Waals surface area contributed by atoms with Gasteiger partial charge in [-0.2, -0.15) is 0 Å². The summed E-state index contributed by atoms with van der Waals surface area (Å²) < 4.78 is 0. The second-order valence-electron chi connectivity index (χ2n) is 3.04. The van der Waals surface area contributed by atoms with Crippen LogP contribution in [0.4, 0.5) is 0 Å². The predicted octanol–water partition coefficient (Wildman–Crippen LogP) is 1.08. The first-order chi connectivity index (χ1) is 5.47. The number of nitrogens with zero attached hydrogens (tertiary/aromatic N) is 1. The molecule has 0 bridgehead atoms.